The molecule has 0 saturated carbocycles. The average molecular weight is 407 g/mol. The van der Waals surface area contributed by atoms with Gasteiger partial charge in [0.15, 0.2) is 5.96 Å². The largest absolute Gasteiger partial charge is 0.353 e. The molecule has 0 unspecified atom stereocenters. The van der Waals surface area contributed by atoms with Crippen LogP contribution in [0.2, 0.25) is 0 Å². The first-order chi connectivity index (χ1) is 14.8. The zero-order valence-corrected chi connectivity index (χ0v) is 18.1. The van der Waals surface area contributed by atoms with E-state index >= 15 is 0 Å². The molecule has 2 aliphatic heterocycles. The topological polar surface area (TPSA) is 47.0 Å². The van der Waals surface area contributed by atoms with Gasteiger partial charge < -0.3 is 15.1 Å². The van der Waals surface area contributed by atoms with Crippen LogP contribution in [0.25, 0.3) is 0 Å². The van der Waals surface area contributed by atoms with Crippen LogP contribution in [0.4, 0.5) is 5.82 Å². The summed E-state index contributed by atoms with van der Waals surface area (Å²) in [6.45, 7) is 8.19. The molecule has 6 nitrogen and oxygen atoms in total. The summed E-state index contributed by atoms with van der Waals surface area (Å²) in [6.07, 6.45) is 5.94. The van der Waals surface area contributed by atoms with Crippen molar-refractivity contribution in [1.29, 1.82) is 0 Å². The third-order valence-corrected chi connectivity index (χ3v) is 6.09. The molecule has 1 N–H and O–H groups in total. The molecule has 0 atom stereocenters. The summed E-state index contributed by atoms with van der Waals surface area (Å²) in [4.78, 5) is 16.2. The van der Waals surface area contributed by atoms with Gasteiger partial charge in [-0.1, -0.05) is 36.8 Å². The minimum atomic E-state index is 0.803. The number of piperazine rings is 1. The Balaban J connectivity index is 1.24. The number of guanidine groups is 1. The maximum absolute atomic E-state index is 4.51. The van der Waals surface area contributed by atoms with Crippen molar-refractivity contribution in [1.82, 2.24) is 20.1 Å². The van der Waals surface area contributed by atoms with E-state index in [-0.39, 0.29) is 0 Å². The molecule has 2 saturated heterocycles. The lowest BCUT2D eigenvalue weighted by molar-refractivity contribution is 0.221. The smallest absolute Gasteiger partial charge is 0.194 e. The molecular formula is C24H34N6. The Morgan fingerprint density at radius 2 is 1.63 bits per heavy atom. The number of aliphatic imine (C=N–C) groups is 1. The van der Waals surface area contributed by atoms with E-state index in [1.54, 1.807) is 0 Å². The van der Waals surface area contributed by atoms with Crippen molar-refractivity contribution in [2.45, 2.75) is 32.4 Å². The van der Waals surface area contributed by atoms with Crippen LogP contribution in [0.15, 0.2) is 53.7 Å². The van der Waals surface area contributed by atoms with Gasteiger partial charge in [0.25, 0.3) is 0 Å². The Morgan fingerprint density at radius 3 is 2.30 bits per heavy atom. The number of rotatable bonds is 5. The first-order valence-electron chi connectivity index (χ1n) is 11.2. The molecular weight excluding hydrogens is 372 g/mol. The zero-order chi connectivity index (χ0) is 20.6. The number of aromatic nitrogens is 1. The quantitative estimate of drug-likeness (QED) is 0.611. The maximum Gasteiger partial charge on any atom is 0.194 e. The molecule has 2 fully saturated rings. The van der Waals surface area contributed by atoms with Gasteiger partial charge in [-0.05, 0) is 49.2 Å². The van der Waals surface area contributed by atoms with Gasteiger partial charge in [0.1, 0.15) is 5.82 Å². The second-order valence-electron chi connectivity index (χ2n) is 8.22. The molecule has 0 amide bonds. The Labute approximate surface area is 180 Å². The molecule has 160 valence electrons. The van der Waals surface area contributed by atoms with E-state index in [0.29, 0.717) is 0 Å². The van der Waals surface area contributed by atoms with Crippen LogP contribution in [0.5, 0.6) is 0 Å². The van der Waals surface area contributed by atoms with Crippen molar-refractivity contribution in [2.75, 3.05) is 51.2 Å². The van der Waals surface area contributed by atoms with E-state index < -0.39 is 0 Å². The van der Waals surface area contributed by atoms with Crippen LogP contribution < -0.4 is 10.2 Å². The second-order valence-corrected chi connectivity index (χ2v) is 8.22. The third kappa shape index (κ3) is 5.51. The lowest BCUT2D eigenvalue weighted by Crippen LogP contribution is -2.52. The Bertz CT molecular complexity index is 790. The van der Waals surface area contributed by atoms with Gasteiger partial charge in [-0.15, -0.1) is 0 Å². The summed E-state index contributed by atoms with van der Waals surface area (Å²) in [7, 11) is 1.87. The van der Waals surface area contributed by atoms with Crippen LogP contribution in [-0.2, 0) is 13.1 Å². The molecule has 6 heteroatoms. The van der Waals surface area contributed by atoms with Gasteiger partial charge in [-0.25, -0.2) is 4.98 Å². The predicted octanol–water partition coefficient (Wildman–Crippen LogP) is 2.97. The minimum absolute atomic E-state index is 0.803. The molecule has 3 heterocycles. The van der Waals surface area contributed by atoms with Crippen molar-refractivity contribution in [3.63, 3.8) is 0 Å². The average Bonchev–Trinajstić information content (AvgIpc) is 2.82. The van der Waals surface area contributed by atoms with E-state index in [1.165, 1.54) is 43.5 Å². The van der Waals surface area contributed by atoms with E-state index in [0.717, 1.165) is 51.0 Å². The first kappa shape index (κ1) is 20.7. The molecule has 30 heavy (non-hydrogen) atoms. The molecule has 2 aliphatic rings. The second kappa shape index (κ2) is 10.4. The normalized spacial score (nSPS) is 18.5. The fourth-order valence-electron chi connectivity index (χ4n) is 4.34. The number of piperidine rings is 1. The highest BCUT2D eigenvalue weighted by Gasteiger charge is 2.20. The molecule has 1 aromatic heterocycles. The first-order valence-corrected chi connectivity index (χ1v) is 11.2. The summed E-state index contributed by atoms with van der Waals surface area (Å²) in [6, 6.07) is 15.1. The number of hydrogen-bond acceptors (Lipinski definition) is 4. The van der Waals surface area contributed by atoms with Gasteiger partial charge >= 0.3 is 0 Å². The summed E-state index contributed by atoms with van der Waals surface area (Å²) in [5, 5.41) is 3.54. The monoisotopic (exact) mass is 406 g/mol. The minimum Gasteiger partial charge on any atom is -0.353 e. The van der Waals surface area contributed by atoms with Gasteiger partial charge in [0, 0.05) is 52.5 Å². The number of nitrogens with zero attached hydrogens (tertiary/aromatic N) is 5. The van der Waals surface area contributed by atoms with Crippen LogP contribution >= 0.6 is 0 Å². The van der Waals surface area contributed by atoms with Crippen LogP contribution in [0.1, 0.15) is 30.4 Å². The van der Waals surface area contributed by atoms with Gasteiger partial charge in [0.05, 0.1) is 0 Å². The standard InChI is InChI=1S/C24H34N6/c1-25-24(30-17-15-29(16-18-30)23-7-3-4-12-26-23)27-19-21-8-10-22(11-9-21)20-28-13-5-2-6-14-28/h3-4,7-12H,2,5-6,13-20H2,1H3,(H,25,27). The molecule has 0 bridgehead atoms. The molecule has 0 aliphatic carbocycles. The zero-order valence-electron chi connectivity index (χ0n) is 18.1. The molecule has 0 radical (unpaired) electrons. The number of anilines is 1. The Morgan fingerprint density at radius 1 is 0.900 bits per heavy atom. The van der Waals surface area contributed by atoms with Gasteiger partial charge in [0.2, 0.25) is 0 Å². The number of pyridine rings is 1. The highest BCUT2D eigenvalue weighted by Crippen LogP contribution is 2.15. The number of likely N-dealkylation sites (tertiary alicyclic amines) is 1. The van der Waals surface area contributed by atoms with E-state index in [4.69, 9.17) is 0 Å². The van der Waals surface area contributed by atoms with E-state index in [9.17, 15) is 0 Å². The Kier molecular flexibility index (Phi) is 7.19. The van der Waals surface area contributed by atoms with E-state index in [2.05, 4.69) is 60.3 Å². The van der Waals surface area contributed by atoms with Crippen molar-refractivity contribution < 1.29 is 0 Å². The van der Waals surface area contributed by atoms with Crippen LogP contribution in [0, 0.1) is 0 Å². The van der Waals surface area contributed by atoms with Gasteiger partial charge in [-0.3, -0.25) is 9.89 Å². The molecule has 4 rings (SSSR count). The predicted molar refractivity (Wildman–Crippen MR) is 124 cm³/mol. The maximum atomic E-state index is 4.51. The van der Waals surface area contributed by atoms with Crippen LogP contribution in [0.3, 0.4) is 0 Å². The molecule has 2 aromatic rings. The van der Waals surface area contributed by atoms with Crippen LogP contribution in [-0.4, -0.2) is 67.1 Å². The van der Waals surface area contributed by atoms with Crippen molar-refractivity contribution in [3.8, 4) is 0 Å². The number of benzene rings is 1. The molecule has 1 aromatic carbocycles. The van der Waals surface area contributed by atoms with Crippen molar-refractivity contribution in [3.05, 3.63) is 59.8 Å². The highest BCUT2D eigenvalue weighted by atomic mass is 15.4. The fourth-order valence-corrected chi connectivity index (χ4v) is 4.34. The molecule has 0 spiro atoms. The van der Waals surface area contributed by atoms with E-state index in [1.807, 2.05) is 25.4 Å². The summed E-state index contributed by atoms with van der Waals surface area (Å²) < 4.78 is 0. The van der Waals surface area contributed by atoms with Crippen molar-refractivity contribution >= 4 is 11.8 Å². The number of nitrogens with one attached hydrogen (secondary N) is 1. The van der Waals surface area contributed by atoms with Crippen molar-refractivity contribution in [2.24, 2.45) is 4.99 Å². The fraction of sp³-hybridized carbons (Fsp3) is 0.500. The lowest BCUT2D eigenvalue weighted by Gasteiger charge is -2.37. The summed E-state index contributed by atoms with van der Waals surface area (Å²) in [5.74, 6) is 2.04. The SMILES string of the molecule is CN=C(NCc1ccc(CN2CCCCC2)cc1)N1CCN(c2ccccn2)CC1. The third-order valence-electron chi connectivity index (χ3n) is 6.09. The summed E-state index contributed by atoms with van der Waals surface area (Å²) >= 11 is 0. The lowest BCUT2D eigenvalue weighted by atomic mass is 10.1. The summed E-state index contributed by atoms with van der Waals surface area (Å²) in [5.41, 5.74) is 2.71. The van der Waals surface area contributed by atoms with Gasteiger partial charge in [-0.2, -0.15) is 0 Å². The highest BCUT2D eigenvalue weighted by molar-refractivity contribution is 5.80. The Hall–Kier alpha value is -2.60. The number of hydrogen-bond donors (Lipinski definition) is 1.